The third-order valence-electron chi connectivity index (χ3n) is 3.63. The van der Waals surface area contributed by atoms with Crippen molar-refractivity contribution < 1.29 is 4.79 Å². The van der Waals surface area contributed by atoms with Gasteiger partial charge in [0.25, 0.3) is 0 Å². The molecule has 0 atom stereocenters. The molecule has 5 nitrogen and oxygen atoms in total. The molecule has 0 saturated carbocycles. The summed E-state index contributed by atoms with van der Waals surface area (Å²) in [5.41, 5.74) is 7.04. The molecule has 1 fully saturated rings. The van der Waals surface area contributed by atoms with Crippen molar-refractivity contribution in [1.82, 2.24) is 10.2 Å². The van der Waals surface area contributed by atoms with Crippen molar-refractivity contribution in [2.45, 2.75) is 32.2 Å². The Labute approximate surface area is 126 Å². The number of likely N-dealkylation sites (tertiary alicyclic amines) is 1. The fraction of sp³-hybridized carbons (Fsp3) is 0.500. The van der Waals surface area contributed by atoms with E-state index in [1.807, 2.05) is 30.3 Å². The van der Waals surface area contributed by atoms with Gasteiger partial charge in [-0.2, -0.15) is 0 Å². The van der Waals surface area contributed by atoms with Crippen LogP contribution in [0.1, 0.15) is 31.2 Å². The Balaban J connectivity index is 1.66. The molecule has 0 spiro atoms. The van der Waals surface area contributed by atoms with Gasteiger partial charge >= 0.3 is 0 Å². The highest BCUT2D eigenvalue weighted by Gasteiger charge is 2.11. The van der Waals surface area contributed by atoms with Crippen LogP contribution in [0.5, 0.6) is 0 Å². The first-order chi connectivity index (χ1) is 10.3. The van der Waals surface area contributed by atoms with E-state index in [1.165, 1.54) is 19.3 Å². The van der Waals surface area contributed by atoms with Crippen molar-refractivity contribution in [2.75, 3.05) is 19.6 Å². The van der Waals surface area contributed by atoms with Gasteiger partial charge in [-0.05, 0) is 24.8 Å². The van der Waals surface area contributed by atoms with Gasteiger partial charge in [-0.3, -0.25) is 9.79 Å². The largest absolute Gasteiger partial charge is 0.370 e. The monoisotopic (exact) mass is 288 g/mol. The fourth-order valence-corrected chi connectivity index (χ4v) is 2.38. The summed E-state index contributed by atoms with van der Waals surface area (Å²) >= 11 is 0. The lowest BCUT2D eigenvalue weighted by Gasteiger charge is -2.27. The number of amides is 1. The second-order valence-corrected chi connectivity index (χ2v) is 5.30. The first kappa shape index (κ1) is 15.4. The molecule has 1 aliphatic heterocycles. The summed E-state index contributed by atoms with van der Waals surface area (Å²) in [6, 6.07) is 9.87. The molecule has 1 aromatic rings. The van der Waals surface area contributed by atoms with Gasteiger partial charge in [-0.1, -0.05) is 30.3 Å². The van der Waals surface area contributed by atoms with Gasteiger partial charge < -0.3 is 16.0 Å². The van der Waals surface area contributed by atoms with Gasteiger partial charge in [0.1, 0.15) is 0 Å². The molecule has 0 aromatic heterocycles. The second-order valence-electron chi connectivity index (χ2n) is 5.30. The van der Waals surface area contributed by atoms with Crippen LogP contribution < -0.4 is 11.1 Å². The molecule has 114 valence electrons. The van der Waals surface area contributed by atoms with Crippen molar-refractivity contribution in [3.63, 3.8) is 0 Å². The highest BCUT2D eigenvalue weighted by Crippen LogP contribution is 2.07. The van der Waals surface area contributed by atoms with Crippen LogP contribution in [0.4, 0.5) is 0 Å². The summed E-state index contributed by atoms with van der Waals surface area (Å²) in [4.78, 5) is 18.1. The Morgan fingerprint density at radius 3 is 2.62 bits per heavy atom. The predicted octanol–water partition coefficient (Wildman–Crippen LogP) is 1.49. The molecule has 1 amide bonds. The molecule has 0 aliphatic carbocycles. The molecule has 2 rings (SSSR count). The lowest BCUT2D eigenvalue weighted by Crippen LogP contribution is -2.41. The fourth-order valence-electron chi connectivity index (χ4n) is 2.38. The third-order valence-corrected chi connectivity index (χ3v) is 3.63. The van der Waals surface area contributed by atoms with E-state index in [1.54, 1.807) is 0 Å². The van der Waals surface area contributed by atoms with Gasteiger partial charge in [0.05, 0.1) is 6.54 Å². The minimum atomic E-state index is 0.00838. The van der Waals surface area contributed by atoms with Crippen LogP contribution in [0.3, 0.4) is 0 Å². The number of carbonyl (C=O) groups is 1. The number of piperidine rings is 1. The number of benzene rings is 1. The minimum absolute atomic E-state index is 0.00838. The number of nitrogens with zero attached hydrogens (tertiary/aromatic N) is 2. The van der Waals surface area contributed by atoms with E-state index in [-0.39, 0.29) is 5.91 Å². The zero-order valence-electron chi connectivity index (χ0n) is 12.4. The number of carbonyl (C=O) groups excluding carboxylic acids is 1. The number of nitrogens with two attached hydrogens (primary N) is 1. The standard InChI is InChI=1S/C16H24N4O/c17-16(20-11-5-2-6-12-20)18-10-9-15(21)19-13-14-7-3-1-4-8-14/h1,3-4,7-8H,2,5-6,9-13H2,(H2,17,18)(H,19,21). The molecule has 1 aromatic carbocycles. The number of aliphatic imine (C=N–C) groups is 1. The highest BCUT2D eigenvalue weighted by molar-refractivity contribution is 5.79. The number of hydrogen-bond acceptors (Lipinski definition) is 2. The zero-order valence-corrected chi connectivity index (χ0v) is 12.4. The van der Waals surface area contributed by atoms with Gasteiger partial charge in [0, 0.05) is 26.1 Å². The summed E-state index contributed by atoms with van der Waals surface area (Å²) in [5, 5.41) is 2.89. The van der Waals surface area contributed by atoms with Crippen molar-refractivity contribution in [3.8, 4) is 0 Å². The van der Waals surface area contributed by atoms with Gasteiger partial charge in [-0.15, -0.1) is 0 Å². The summed E-state index contributed by atoms with van der Waals surface area (Å²) < 4.78 is 0. The molecule has 3 N–H and O–H groups in total. The molecule has 1 heterocycles. The van der Waals surface area contributed by atoms with Crippen molar-refractivity contribution in [1.29, 1.82) is 0 Å². The number of guanidine groups is 1. The maximum atomic E-state index is 11.7. The molecular weight excluding hydrogens is 264 g/mol. The molecule has 1 saturated heterocycles. The topological polar surface area (TPSA) is 70.7 Å². The van der Waals surface area contributed by atoms with Crippen molar-refractivity contribution >= 4 is 11.9 Å². The van der Waals surface area contributed by atoms with Crippen LogP contribution in [-0.4, -0.2) is 36.4 Å². The van der Waals surface area contributed by atoms with Gasteiger partial charge in [0.2, 0.25) is 5.91 Å². The van der Waals surface area contributed by atoms with E-state index in [0.29, 0.717) is 25.5 Å². The maximum Gasteiger partial charge on any atom is 0.222 e. The zero-order chi connectivity index (χ0) is 14.9. The Morgan fingerprint density at radius 1 is 1.19 bits per heavy atom. The van der Waals surface area contributed by atoms with E-state index < -0.39 is 0 Å². The molecule has 0 radical (unpaired) electrons. The molecule has 1 aliphatic rings. The van der Waals surface area contributed by atoms with Crippen LogP contribution >= 0.6 is 0 Å². The first-order valence-corrected chi connectivity index (χ1v) is 7.61. The summed E-state index contributed by atoms with van der Waals surface area (Å²) in [7, 11) is 0. The van der Waals surface area contributed by atoms with E-state index in [2.05, 4.69) is 15.2 Å². The van der Waals surface area contributed by atoms with E-state index in [0.717, 1.165) is 18.7 Å². The van der Waals surface area contributed by atoms with E-state index in [9.17, 15) is 4.79 Å². The normalized spacial score (nSPS) is 15.8. The van der Waals surface area contributed by atoms with Crippen LogP contribution in [0.15, 0.2) is 35.3 Å². The average molecular weight is 288 g/mol. The molecule has 0 unspecified atom stereocenters. The summed E-state index contributed by atoms with van der Waals surface area (Å²) in [6.07, 6.45) is 3.99. The number of rotatable bonds is 5. The third kappa shape index (κ3) is 5.45. The average Bonchev–Trinajstić information content (AvgIpc) is 2.54. The SMILES string of the molecule is NC(=NCCC(=O)NCc1ccccc1)N1CCCCC1. The Bertz CT molecular complexity index is 466. The Hall–Kier alpha value is -2.04. The lowest BCUT2D eigenvalue weighted by molar-refractivity contribution is -0.121. The van der Waals surface area contributed by atoms with Crippen LogP contribution in [0, 0.1) is 0 Å². The van der Waals surface area contributed by atoms with Gasteiger partial charge in [0.15, 0.2) is 5.96 Å². The van der Waals surface area contributed by atoms with Crippen LogP contribution in [0.2, 0.25) is 0 Å². The van der Waals surface area contributed by atoms with Gasteiger partial charge in [-0.25, -0.2) is 0 Å². The Morgan fingerprint density at radius 2 is 1.90 bits per heavy atom. The molecule has 0 bridgehead atoms. The summed E-state index contributed by atoms with van der Waals surface area (Å²) in [6.45, 7) is 2.97. The minimum Gasteiger partial charge on any atom is -0.370 e. The summed E-state index contributed by atoms with van der Waals surface area (Å²) in [5.74, 6) is 0.583. The number of nitrogens with one attached hydrogen (secondary N) is 1. The predicted molar refractivity (Wildman–Crippen MR) is 84.8 cm³/mol. The smallest absolute Gasteiger partial charge is 0.222 e. The Kier molecular flexibility index (Phi) is 6.06. The van der Waals surface area contributed by atoms with E-state index in [4.69, 9.17) is 5.73 Å². The lowest BCUT2D eigenvalue weighted by atomic mass is 10.1. The van der Waals surface area contributed by atoms with Crippen LogP contribution in [-0.2, 0) is 11.3 Å². The highest BCUT2D eigenvalue weighted by atomic mass is 16.1. The van der Waals surface area contributed by atoms with Crippen molar-refractivity contribution in [2.24, 2.45) is 10.7 Å². The molecule has 5 heteroatoms. The molecular formula is C16H24N4O. The number of hydrogen-bond donors (Lipinski definition) is 2. The van der Waals surface area contributed by atoms with Crippen LogP contribution in [0.25, 0.3) is 0 Å². The second kappa shape index (κ2) is 8.29. The quantitative estimate of drug-likeness (QED) is 0.637. The molecule has 21 heavy (non-hydrogen) atoms. The maximum absolute atomic E-state index is 11.7. The van der Waals surface area contributed by atoms with Crippen molar-refractivity contribution in [3.05, 3.63) is 35.9 Å². The van der Waals surface area contributed by atoms with E-state index >= 15 is 0 Å². The first-order valence-electron chi connectivity index (χ1n) is 7.61.